The smallest absolute Gasteiger partial charge is 0.251 e. The van der Waals surface area contributed by atoms with Crippen molar-refractivity contribution in [2.24, 2.45) is 0 Å². The van der Waals surface area contributed by atoms with E-state index in [2.05, 4.69) is 29.1 Å². The molecule has 0 amide bonds. The predicted molar refractivity (Wildman–Crippen MR) is 83.4 cm³/mol. The Hall–Kier alpha value is -2.14. The molecule has 0 aliphatic heterocycles. The number of ether oxygens (including phenoxy) is 1. The standard InChI is InChI=1S/C16H21N3O2/c1-4-21-14-7-5-6-12(8-14)16-18-13(9-15(20)19-16)10-17-11(2)3/h5-9,11,17H,4,10H2,1-3H3,(H,18,19,20). The second kappa shape index (κ2) is 7.04. The lowest BCUT2D eigenvalue weighted by molar-refractivity contribution is 0.340. The molecule has 2 aromatic rings. The van der Waals surface area contributed by atoms with Crippen LogP contribution in [0.5, 0.6) is 5.75 Å². The van der Waals surface area contributed by atoms with Gasteiger partial charge in [0.05, 0.1) is 12.3 Å². The van der Waals surface area contributed by atoms with Crippen LogP contribution in [-0.4, -0.2) is 22.6 Å². The summed E-state index contributed by atoms with van der Waals surface area (Å²) in [7, 11) is 0. The zero-order valence-corrected chi connectivity index (χ0v) is 12.6. The average molecular weight is 287 g/mol. The molecule has 5 heteroatoms. The van der Waals surface area contributed by atoms with E-state index >= 15 is 0 Å². The van der Waals surface area contributed by atoms with Gasteiger partial charge in [-0.1, -0.05) is 26.0 Å². The highest BCUT2D eigenvalue weighted by molar-refractivity contribution is 5.57. The number of H-pyrrole nitrogens is 1. The molecule has 1 heterocycles. The number of hydrogen-bond donors (Lipinski definition) is 2. The Labute approximate surface area is 124 Å². The van der Waals surface area contributed by atoms with Gasteiger partial charge in [0.25, 0.3) is 5.56 Å². The first kappa shape index (κ1) is 15.3. The van der Waals surface area contributed by atoms with Crippen molar-refractivity contribution in [1.29, 1.82) is 0 Å². The molecular formula is C16H21N3O2. The molecule has 1 aromatic heterocycles. The summed E-state index contributed by atoms with van der Waals surface area (Å²) < 4.78 is 5.48. The van der Waals surface area contributed by atoms with Crippen LogP contribution in [0.2, 0.25) is 0 Å². The van der Waals surface area contributed by atoms with Crippen molar-refractivity contribution in [3.63, 3.8) is 0 Å². The zero-order chi connectivity index (χ0) is 15.2. The molecular weight excluding hydrogens is 266 g/mol. The maximum Gasteiger partial charge on any atom is 0.251 e. The molecule has 0 bridgehead atoms. The normalized spacial score (nSPS) is 10.9. The molecule has 0 saturated carbocycles. The van der Waals surface area contributed by atoms with E-state index in [4.69, 9.17) is 4.74 Å². The Kier molecular flexibility index (Phi) is 5.11. The quantitative estimate of drug-likeness (QED) is 0.855. The fraction of sp³-hybridized carbons (Fsp3) is 0.375. The molecule has 112 valence electrons. The van der Waals surface area contributed by atoms with Crippen LogP contribution in [-0.2, 0) is 6.54 Å². The summed E-state index contributed by atoms with van der Waals surface area (Å²) in [6.07, 6.45) is 0. The third-order valence-electron chi connectivity index (χ3n) is 2.90. The van der Waals surface area contributed by atoms with E-state index in [0.29, 0.717) is 25.0 Å². The number of hydrogen-bond acceptors (Lipinski definition) is 4. The topological polar surface area (TPSA) is 67.0 Å². The Morgan fingerprint density at radius 3 is 2.86 bits per heavy atom. The largest absolute Gasteiger partial charge is 0.494 e. The van der Waals surface area contributed by atoms with Crippen molar-refractivity contribution in [2.75, 3.05) is 6.61 Å². The Morgan fingerprint density at radius 1 is 1.33 bits per heavy atom. The molecule has 0 unspecified atom stereocenters. The van der Waals surface area contributed by atoms with Crippen LogP contribution in [0.3, 0.4) is 0 Å². The first-order valence-corrected chi connectivity index (χ1v) is 7.15. The van der Waals surface area contributed by atoms with Gasteiger partial charge in [0.15, 0.2) is 0 Å². The van der Waals surface area contributed by atoms with Crippen LogP contribution in [0.15, 0.2) is 35.1 Å². The third kappa shape index (κ3) is 4.43. The van der Waals surface area contributed by atoms with Gasteiger partial charge >= 0.3 is 0 Å². The Morgan fingerprint density at radius 2 is 2.14 bits per heavy atom. The lowest BCUT2D eigenvalue weighted by atomic mass is 10.2. The second-order valence-electron chi connectivity index (χ2n) is 5.08. The van der Waals surface area contributed by atoms with Gasteiger partial charge in [-0.25, -0.2) is 4.98 Å². The van der Waals surface area contributed by atoms with Gasteiger partial charge in [-0.15, -0.1) is 0 Å². The van der Waals surface area contributed by atoms with Crippen molar-refractivity contribution in [2.45, 2.75) is 33.4 Å². The molecule has 0 atom stereocenters. The number of rotatable bonds is 6. The van der Waals surface area contributed by atoms with Crippen LogP contribution in [0.1, 0.15) is 26.5 Å². The SMILES string of the molecule is CCOc1cccc(-c2nc(CNC(C)C)cc(=O)[nH]2)c1. The molecule has 0 aliphatic rings. The van der Waals surface area contributed by atoms with Crippen LogP contribution in [0, 0.1) is 0 Å². The number of aromatic amines is 1. The number of nitrogens with one attached hydrogen (secondary N) is 2. The van der Waals surface area contributed by atoms with Crippen LogP contribution in [0.4, 0.5) is 0 Å². The minimum absolute atomic E-state index is 0.151. The van der Waals surface area contributed by atoms with E-state index in [1.807, 2.05) is 31.2 Å². The third-order valence-corrected chi connectivity index (χ3v) is 2.90. The monoisotopic (exact) mass is 287 g/mol. The van der Waals surface area contributed by atoms with Crippen molar-refractivity contribution in [3.8, 4) is 17.1 Å². The maximum absolute atomic E-state index is 11.8. The molecule has 21 heavy (non-hydrogen) atoms. The zero-order valence-electron chi connectivity index (χ0n) is 12.6. The minimum atomic E-state index is -0.151. The summed E-state index contributed by atoms with van der Waals surface area (Å²) >= 11 is 0. The summed E-state index contributed by atoms with van der Waals surface area (Å²) in [6.45, 7) is 7.22. The first-order chi connectivity index (χ1) is 10.1. The minimum Gasteiger partial charge on any atom is -0.494 e. The molecule has 5 nitrogen and oxygen atoms in total. The predicted octanol–water partition coefficient (Wildman–Crippen LogP) is 2.33. The Bertz CT molecular complexity index is 650. The van der Waals surface area contributed by atoms with Crippen molar-refractivity contribution < 1.29 is 4.74 Å². The van der Waals surface area contributed by atoms with E-state index in [-0.39, 0.29) is 5.56 Å². The fourth-order valence-corrected chi connectivity index (χ4v) is 1.94. The molecule has 0 saturated heterocycles. The highest BCUT2D eigenvalue weighted by Gasteiger charge is 2.06. The van der Waals surface area contributed by atoms with E-state index < -0.39 is 0 Å². The maximum atomic E-state index is 11.8. The summed E-state index contributed by atoms with van der Waals surface area (Å²) in [5.41, 5.74) is 1.41. The lowest BCUT2D eigenvalue weighted by Gasteiger charge is -2.09. The van der Waals surface area contributed by atoms with Gasteiger partial charge in [-0.05, 0) is 19.1 Å². The molecule has 1 aromatic carbocycles. The van der Waals surface area contributed by atoms with Gasteiger partial charge < -0.3 is 15.0 Å². The van der Waals surface area contributed by atoms with Gasteiger partial charge in [-0.3, -0.25) is 4.79 Å². The van der Waals surface area contributed by atoms with Crippen molar-refractivity contribution in [1.82, 2.24) is 15.3 Å². The summed E-state index contributed by atoms with van der Waals surface area (Å²) in [4.78, 5) is 19.1. The van der Waals surface area contributed by atoms with Crippen LogP contribution >= 0.6 is 0 Å². The summed E-state index contributed by atoms with van der Waals surface area (Å²) in [6, 6.07) is 9.41. The molecule has 0 spiro atoms. The van der Waals surface area contributed by atoms with Gasteiger partial charge in [-0.2, -0.15) is 0 Å². The van der Waals surface area contributed by atoms with E-state index in [1.54, 1.807) is 0 Å². The molecule has 2 rings (SSSR count). The molecule has 0 aliphatic carbocycles. The van der Waals surface area contributed by atoms with Crippen LogP contribution < -0.4 is 15.6 Å². The number of benzene rings is 1. The second-order valence-corrected chi connectivity index (χ2v) is 5.08. The molecule has 2 N–H and O–H groups in total. The molecule has 0 fully saturated rings. The summed E-state index contributed by atoms with van der Waals surface area (Å²) in [5.74, 6) is 1.33. The summed E-state index contributed by atoms with van der Waals surface area (Å²) in [5, 5.41) is 3.26. The first-order valence-electron chi connectivity index (χ1n) is 7.15. The van der Waals surface area contributed by atoms with Gasteiger partial charge in [0, 0.05) is 24.2 Å². The van der Waals surface area contributed by atoms with Crippen LogP contribution in [0.25, 0.3) is 11.4 Å². The van der Waals surface area contributed by atoms with Crippen molar-refractivity contribution in [3.05, 3.63) is 46.4 Å². The van der Waals surface area contributed by atoms with Gasteiger partial charge in [0.2, 0.25) is 0 Å². The highest BCUT2D eigenvalue weighted by Crippen LogP contribution is 2.20. The average Bonchev–Trinajstić information content (AvgIpc) is 2.45. The highest BCUT2D eigenvalue weighted by atomic mass is 16.5. The fourth-order valence-electron chi connectivity index (χ4n) is 1.94. The van der Waals surface area contributed by atoms with E-state index in [9.17, 15) is 4.79 Å². The number of aromatic nitrogens is 2. The van der Waals surface area contributed by atoms with Gasteiger partial charge in [0.1, 0.15) is 11.6 Å². The lowest BCUT2D eigenvalue weighted by Crippen LogP contribution is -2.24. The van der Waals surface area contributed by atoms with E-state index in [0.717, 1.165) is 17.0 Å². The van der Waals surface area contributed by atoms with Crippen molar-refractivity contribution >= 4 is 0 Å². The Balaban J connectivity index is 2.30. The number of nitrogens with zero attached hydrogens (tertiary/aromatic N) is 1. The van der Waals surface area contributed by atoms with E-state index in [1.165, 1.54) is 6.07 Å². The molecule has 0 radical (unpaired) electrons.